The molecule has 0 saturated heterocycles. The highest BCUT2D eigenvalue weighted by molar-refractivity contribution is 5.85. The Kier molecular flexibility index (Phi) is 2.20. The predicted octanol–water partition coefficient (Wildman–Crippen LogP) is 2.38. The van der Waals surface area contributed by atoms with E-state index in [9.17, 15) is 9.90 Å². The molecule has 0 radical (unpaired) electrons. The Morgan fingerprint density at radius 1 is 1.50 bits per heavy atom. The highest BCUT2D eigenvalue weighted by Crippen LogP contribution is 2.42. The van der Waals surface area contributed by atoms with Crippen LogP contribution in [0.25, 0.3) is 11.0 Å². The summed E-state index contributed by atoms with van der Waals surface area (Å²) in [6, 6.07) is 4.51. The highest BCUT2D eigenvalue weighted by atomic mass is 16.5. The third-order valence-electron chi connectivity index (χ3n) is 3.14. The van der Waals surface area contributed by atoms with Gasteiger partial charge in [-0.1, -0.05) is 6.58 Å². The molecule has 3 rings (SSSR count). The number of hydrogen-bond acceptors (Lipinski definition) is 4. The number of benzene rings is 1. The van der Waals surface area contributed by atoms with Crippen molar-refractivity contribution in [3.8, 4) is 11.5 Å². The Balaban J connectivity index is 2.28. The van der Waals surface area contributed by atoms with E-state index in [-0.39, 0.29) is 11.9 Å². The fourth-order valence-corrected chi connectivity index (χ4v) is 2.21. The SMILES string of the molecule is C=C(C)C1Cc2c(c(O)cc3ccc(=O)oc23)O1. The summed E-state index contributed by atoms with van der Waals surface area (Å²) in [4.78, 5) is 11.3. The maximum atomic E-state index is 11.3. The van der Waals surface area contributed by atoms with Crippen molar-refractivity contribution >= 4 is 11.0 Å². The molecule has 0 bridgehead atoms. The van der Waals surface area contributed by atoms with Crippen molar-refractivity contribution in [2.75, 3.05) is 0 Å². The first-order chi connectivity index (χ1) is 8.56. The summed E-state index contributed by atoms with van der Waals surface area (Å²) >= 11 is 0. The van der Waals surface area contributed by atoms with Gasteiger partial charge in [-0.25, -0.2) is 4.79 Å². The van der Waals surface area contributed by atoms with Crippen molar-refractivity contribution in [2.45, 2.75) is 19.4 Å². The first kappa shape index (κ1) is 10.9. The Bertz CT molecular complexity index is 712. The second-order valence-electron chi connectivity index (χ2n) is 4.53. The zero-order valence-corrected chi connectivity index (χ0v) is 9.90. The van der Waals surface area contributed by atoms with E-state index in [1.165, 1.54) is 12.1 Å². The molecule has 1 aliphatic rings. The molecule has 4 heteroatoms. The van der Waals surface area contributed by atoms with Crippen LogP contribution in [0.15, 0.2) is 39.6 Å². The third-order valence-corrected chi connectivity index (χ3v) is 3.14. The van der Waals surface area contributed by atoms with Crippen LogP contribution in [0.3, 0.4) is 0 Å². The lowest BCUT2D eigenvalue weighted by Crippen LogP contribution is -2.13. The van der Waals surface area contributed by atoms with Crippen molar-refractivity contribution in [1.82, 2.24) is 0 Å². The van der Waals surface area contributed by atoms with E-state index in [1.807, 2.05) is 6.92 Å². The van der Waals surface area contributed by atoms with Gasteiger partial charge in [0.1, 0.15) is 11.7 Å². The van der Waals surface area contributed by atoms with Gasteiger partial charge in [-0.15, -0.1) is 0 Å². The molecule has 0 aliphatic carbocycles. The molecule has 4 nitrogen and oxygen atoms in total. The number of ether oxygens (including phenoxy) is 1. The molecular formula is C14H12O4. The number of fused-ring (bicyclic) bond motifs is 3. The second-order valence-corrected chi connectivity index (χ2v) is 4.53. The van der Waals surface area contributed by atoms with Gasteiger partial charge in [0, 0.05) is 23.4 Å². The van der Waals surface area contributed by atoms with E-state index in [0.29, 0.717) is 23.1 Å². The van der Waals surface area contributed by atoms with E-state index in [4.69, 9.17) is 9.15 Å². The quantitative estimate of drug-likeness (QED) is 0.618. The summed E-state index contributed by atoms with van der Waals surface area (Å²) < 4.78 is 10.8. The molecule has 0 amide bonds. The molecule has 92 valence electrons. The summed E-state index contributed by atoms with van der Waals surface area (Å²) in [6.45, 7) is 5.72. The Morgan fingerprint density at radius 3 is 3.00 bits per heavy atom. The van der Waals surface area contributed by atoms with Gasteiger partial charge in [0.15, 0.2) is 11.5 Å². The maximum Gasteiger partial charge on any atom is 0.336 e. The van der Waals surface area contributed by atoms with Gasteiger partial charge in [-0.05, 0) is 24.6 Å². The van der Waals surface area contributed by atoms with Gasteiger partial charge in [-0.3, -0.25) is 0 Å². The monoisotopic (exact) mass is 244 g/mol. The van der Waals surface area contributed by atoms with Gasteiger partial charge in [0.25, 0.3) is 0 Å². The molecular weight excluding hydrogens is 232 g/mol. The molecule has 1 aliphatic heterocycles. The first-order valence-electron chi connectivity index (χ1n) is 5.67. The van der Waals surface area contributed by atoms with E-state index in [1.54, 1.807) is 6.07 Å². The maximum absolute atomic E-state index is 11.3. The molecule has 2 heterocycles. The molecule has 0 saturated carbocycles. The van der Waals surface area contributed by atoms with Crippen molar-refractivity contribution in [3.63, 3.8) is 0 Å². The van der Waals surface area contributed by atoms with Gasteiger partial charge in [0.2, 0.25) is 0 Å². The molecule has 1 atom stereocenters. The predicted molar refractivity (Wildman–Crippen MR) is 67.1 cm³/mol. The molecule has 1 unspecified atom stereocenters. The highest BCUT2D eigenvalue weighted by Gasteiger charge is 2.29. The van der Waals surface area contributed by atoms with Crippen LogP contribution in [-0.2, 0) is 6.42 Å². The first-order valence-corrected chi connectivity index (χ1v) is 5.67. The van der Waals surface area contributed by atoms with Gasteiger partial charge >= 0.3 is 5.63 Å². The normalized spacial score (nSPS) is 17.5. The van der Waals surface area contributed by atoms with Crippen LogP contribution in [-0.4, -0.2) is 11.2 Å². The van der Waals surface area contributed by atoms with Crippen molar-refractivity contribution in [1.29, 1.82) is 0 Å². The third kappa shape index (κ3) is 1.49. The smallest absolute Gasteiger partial charge is 0.336 e. The number of phenols is 1. The van der Waals surface area contributed by atoms with Crippen LogP contribution in [0, 0.1) is 0 Å². The van der Waals surface area contributed by atoms with E-state index in [0.717, 1.165) is 11.1 Å². The number of rotatable bonds is 1. The summed E-state index contributed by atoms with van der Waals surface area (Å²) in [5.41, 5.74) is 1.68. The lowest BCUT2D eigenvalue weighted by atomic mass is 10.0. The Morgan fingerprint density at radius 2 is 2.28 bits per heavy atom. The van der Waals surface area contributed by atoms with Crippen LogP contribution < -0.4 is 10.4 Å². The minimum atomic E-state index is -0.408. The standard InChI is InChI=1S/C14H12O4/c1-7(2)11-6-9-13-8(3-4-12(16)18-13)5-10(15)14(9)17-11/h3-5,11,15H,1,6H2,2H3. The fraction of sp³-hybridized carbons (Fsp3) is 0.214. The van der Waals surface area contributed by atoms with Crippen LogP contribution in [0.5, 0.6) is 11.5 Å². The van der Waals surface area contributed by atoms with E-state index >= 15 is 0 Å². The lowest BCUT2D eigenvalue weighted by molar-refractivity contribution is 0.260. The van der Waals surface area contributed by atoms with Gasteiger partial charge in [0.05, 0.1) is 0 Å². The molecule has 1 N–H and O–H groups in total. The van der Waals surface area contributed by atoms with Crippen molar-refractivity contribution in [3.05, 3.63) is 46.3 Å². The number of hydrogen-bond donors (Lipinski definition) is 1. The second kappa shape index (κ2) is 3.63. The minimum absolute atomic E-state index is 0.0649. The zero-order chi connectivity index (χ0) is 12.9. The summed E-state index contributed by atoms with van der Waals surface area (Å²) in [5, 5.41) is 10.6. The van der Waals surface area contributed by atoms with Gasteiger partial charge in [-0.2, -0.15) is 0 Å². The van der Waals surface area contributed by atoms with Crippen molar-refractivity contribution < 1.29 is 14.3 Å². The number of phenolic OH excluding ortho intramolecular Hbond substituents is 1. The topological polar surface area (TPSA) is 59.7 Å². The largest absolute Gasteiger partial charge is 0.504 e. The molecule has 1 aromatic carbocycles. The Hall–Kier alpha value is -2.23. The summed E-state index contributed by atoms with van der Waals surface area (Å²) in [6.07, 6.45) is 0.379. The molecule has 0 fully saturated rings. The van der Waals surface area contributed by atoms with E-state index < -0.39 is 5.63 Å². The average Bonchev–Trinajstić information content (AvgIpc) is 2.76. The number of aromatic hydroxyl groups is 1. The molecule has 1 aromatic heterocycles. The van der Waals surface area contributed by atoms with Gasteiger partial charge < -0.3 is 14.3 Å². The zero-order valence-electron chi connectivity index (χ0n) is 9.90. The lowest BCUT2D eigenvalue weighted by Gasteiger charge is -2.09. The van der Waals surface area contributed by atoms with Crippen LogP contribution >= 0.6 is 0 Å². The van der Waals surface area contributed by atoms with Crippen LogP contribution in [0.2, 0.25) is 0 Å². The summed E-state index contributed by atoms with van der Waals surface area (Å²) in [5.74, 6) is 0.458. The molecule has 2 aromatic rings. The average molecular weight is 244 g/mol. The van der Waals surface area contributed by atoms with Crippen LogP contribution in [0.4, 0.5) is 0 Å². The van der Waals surface area contributed by atoms with Crippen LogP contribution in [0.1, 0.15) is 12.5 Å². The fourth-order valence-electron chi connectivity index (χ4n) is 2.21. The van der Waals surface area contributed by atoms with Crippen molar-refractivity contribution in [2.24, 2.45) is 0 Å². The Labute approximate surface area is 103 Å². The molecule has 0 spiro atoms. The van der Waals surface area contributed by atoms with E-state index in [2.05, 4.69) is 6.58 Å². The molecule has 18 heavy (non-hydrogen) atoms. The minimum Gasteiger partial charge on any atom is -0.504 e. The summed E-state index contributed by atoms with van der Waals surface area (Å²) in [7, 11) is 0.